The highest BCUT2D eigenvalue weighted by Crippen LogP contribution is 2.22. The monoisotopic (exact) mass is 334 g/mol. The molecule has 114 valence electrons. The van der Waals surface area contributed by atoms with E-state index in [1.807, 2.05) is 42.1 Å². The van der Waals surface area contributed by atoms with Gasteiger partial charge >= 0.3 is 0 Å². The van der Waals surface area contributed by atoms with E-state index in [9.17, 15) is 9.90 Å². The number of aliphatic hydroxyl groups is 1. The lowest BCUT2D eigenvalue weighted by Crippen LogP contribution is -2.27. The molecule has 0 spiro atoms. The number of fused-ring (bicyclic) bond motifs is 1. The average molecular weight is 335 g/mol. The summed E-state index contributed by atoms with van der Waals surface area (Å²) in [5, 5.41) is 14.0. The van der Waals surface area contributed by atoms with E-state index < -0.39 is 6.10 Å². The van der Waals surface area contributed by atoms with Gasteiger partial charge in [-0.05, 0) is 41.3 Å². The summed E-state index contributed by atoms with van der Waals surface area (Å²) < 4.78 is 2.59. The van der Waals surface area contributed by atoms with Crippen molar-refractivity contribution in [3.05, 3.63) is 57.4 Å². The highest BCUT2D eigenvalue weighted by atomic mass is 35.5. The van der Waals surface area contributed by atoms with Gasteiger partial charge in [0.05, 0.1) is 15.3 Å². The molecule has 0 bridgehead atoms. The van der Waals surface area contributed by atoms with Crippen LogP contribution in [0.1, 0.15) is 21.3 Å². The SMILES string of the molecule is Cn1ccc2cc([C@H](O)CNC(=O)c3ccc(Cl)s3)ccc21. The number of hydrogen-bond acceptors (Lipinski definition) is 3. The molecule has 0 unspecified atom stereocenters. The fraction of sp³-hybridized carbons (Fsp3) is 0.188. The van der Waals surface area contributed by atoms with Crippen LogP contribution in [0.25, 0.3) is 10.9 Å². The number of halogens is 1. The molecule has 0 fully saturated rings. The molecule has 6 heteroatoms. The van der Waals surface area contributed by atoms with Crippen LogP contribution >= 0.6 is 22.9 Å². The molecule has 0 saturated heterocycles. The molecule has 0 radical (unpaired) electrons. The first kappa shape index (κ1) is 15.1. The Hall–Kier alpha value is -1.82. The quantitative estimate of drug-likeness (QED) is 0.768. The molecule has 2 aromatic heterocycles. The molecule has 4 nitrogen and oxygen atoms in total. The van der Waals surface area contributed by atoms with Gasteiger partial charge in [-0.2, -0.15) is 0 Å². The summed E-state index contributed by atoms with van der Waals surface area (Å²) in [6.45, 7) is 0.159. The van der Waals surface area contributed by atoms with Crippen LogP contribution in [0.4, 0.5) is 0 Å². The number of carbonyl (C=O) groups is 1. The van der Waals surface area contributed by atoms with Gasteiger partial charge in [0.25, 0.3) is 5.91 Å². The van der Waals surface area contributed by atoms with Crippen molar-refractivity contribution in [2.75, 3.05) is 6.54 Å². The Morgan fingerprint density at radius 1 is 1.36 bits per heavy atom. The Labute approximate surface area is 136 Å². The minimum Gasteiger partial charge on any atom is -0.387 e. The summed E-state index contributed by atoms with van der Waals surface area (Å²) in [6, 6.07) is 11.1. The number of rotatable bonds is 4. The van der Waals surface area contributed by atoms with Gasteiger partial charge in [-0.25, -0.2) is 0 Å². The lowest BCUT2D eigenvalue weighted by molar-refractivity contribution is 0.0920. The highest BCUT2D eigenvalue weighted by Gasteiger charge is 2.13. The van der Waals surface area contributed by atoms with Crippen LogP contribution in [-0.4, -0.2) is 22.1 Å². The van der Waals surface area contributed by atoms with E-state index in [1.165, 1.54) is 11.3 Å². The molecule has 3 rings (SSSR count). The van der Waals surface area contributed by atoms with Gasteiger partial charge < -0.3 is 15.0 Å². The fourth-order valence-corrected chi connectivity index (χ4v) is 3.30. The van der Waals surface area contributed by atoms with Gasteiger partial charge in [-0.15, -0.1) is 11.3 Å². The lowest BCUT2D eigenvalue weighted by atomic mass is 10.1. The average Bonchev–Trinajstić information content (AvgIpc) is 3.11. The van der Waals surface area contributed by atoms with Gasteiger partial charge in [0.15, 0.2) is 0 Å². The third-order valence-corrected chi connectivity index (χ3v) is 4.78. The maximum Gasteiger partial charge on any atom is 0.261 e. The van der Waals surface area contributed by atoms with E-state index in [1.54, 1.807) is 12.1 Å². The molecule has 1 aromatic carbocycles. The molecule has 2 N–H and O–H groups in total. The van der Waals surface area contributed by atoms with Crippen molar-refractivity contribution in [3.8, 4) is 0 Å². The Morgan fingerprint density at radius 2 is 2.18 bits per heavy atom. The highest BCUT2D eigenvalue weighted by molar-refractivity contribution is 7.17. The number of hydrogen-bond donors (Lipinski definition) is 2. The van der Waals surface area contributed by atoms with Gasteiger partial charge in [0.2, 0.25) is 0 Å². The summed E-state index contributed by atoms with van der Waals surface area (Å²) in [5.41, 5.74) is 1.89. The predicted octanol–water partition coefficient (Wildman–Crippen LogP) is 3.36. The van der Waals surface area contributed by atoms with E-state index in [0.717, 1.165) is 16.5 Å². The Morgan fingerprint density at radius 3 is 2.91 bits per heavy atom. The topological polar surface area (TPSA) is 54.3 Å². The van der Waals surface area contributed by atoms with Gasteiger partial charge in [-0.3, -0.25) is 4.79 Å². The van der Waals surface area contributed by atoms with Gasteiger partial charge in [0, 0.05) is 25.3 Å². The molecule has 0 aliphatic rings. The summed E-state index contributed by atoms with van der Waals surface area (Å²) in [4.78, 5) is 12.5. The van der Waals surface area contributed by atoms with Crippen molar-refractivity contribution in [1.29, 1.82) is 0 Å². The van der Waals surface area contributed by atoms with E-state index >= 15 is 0 Å². The minimum atomic E-state index is -0.746. The number of nitrogens with one attached hydrogen (secondary N) is 1. The van der Waals surface area contributed by atoms with E-state index in [-0.39, 0.29) is 12.5 Å². The Bertz CT molecular complexity index is 825. The van der Waals surface area contributed by atoms with Crippen LogP contribution in [0.15, 0.2) is 42.6 Å². The van der Waals surface area contributed by atoms with Crippen LogP contribution in [0, 0.1) is 0 Å². The third-order valence-electron chi connectivity index (χ3n) is 3.55. The van der Waals surface area contributed by atoms with Crippen LogP contribution in [0.5, 0.6) is 0 Å². The van der Waals surface area contributed by atoms with E-state index in [4.69, 9.17) is 11.6 Å². The van der Waals surface area contributed by atoms with Crippen molar-refractivity contribution in [1.82, 2.24) is 9.88 Å². The zero-order valence-corrected chi connectivity index (χ0v) is 13.5. The molecule has 0 saturated carbocycles. The van der Waals surface area contributed by atoms with E-state index in [0.29, 0.717) is 9.21 Å². The molecule has 0 aliphatic heterocycles. The number of aryl methyl sites for hydroxylation is 1. The standard InChI is InChI=1S/C16H15ClN2O2S/c1-19-7-6-10-8-11(2-3-12(10)19)13(20)9-18-16(21)14-4-5-15(17)22-14/h2-8,13,20H,9H2,1H3,(H,18,21)/t13-/m1/s1. The number of aromatic nitrogens is 1. The van der Waals surface area contributed by atoms with Crippen molar-refractivity contribution in [2.45, 2.75) is 6.10 Å². The van der Waals surface area contributed by atoms with Gasteiger partial charge in [0.1, 0.15) is 0 Å². The van der Waals surface area contributed by atoms with Crippen LogP contribution in [0.2, 0.25) is 4.34 Å². The molecular formula is C16H15ClN2O2S. The minimum absolute atomic E-state index is 0.159. The molecule has 1 amide bonds. The Kier molecular flexibility index (Phi) is 4.20. The second-order valence-corrected chi connectivity index (χ2v) is 6.79. The smallest absolute Gasteiger partial charge is 0.261 e. The van der Waals surface area contributed by atoms with Crippen molar-refractivity contribution < 1.29 is 9.90 Å². The molecular weight excluding hydrogens is 320 g/mol. The number of thiophene rings is 1. The number of carbonyl (C=O) groups excluding carboxylic acids is 1. The summed E-state index contributed by atoms with van der Waals surface area (Å²) in [5.74, 6) is -0.225. The number of aliphatic hydroxyl groups excluding tert-OH is 1. The maximum absolute atomic E-state index is 11.9. The molecule has 2 heterocycles. The molecule has 0 aliphatic carbocycles. The van der Waals surface area contributed by atoms with Crippen molar-refractivity contribution in [2.24, 2.45) is 7.05 Å². The first-order valence-corrected chi connectivity index (χ1v) is 8.00. The summed E-state index contributed by atoms with van der Waals surface area (Å²) >= 11 is 7.02. The predicted molar refractivity (Wildman–Crippen MR) is 89.5 cm³/mol. The van der Waals surface area contributed by atoms with E-state index in [2.05, 4.69) is 5.32 Å². The van der Waals surface area contributed by atoms with Crippen molar-refractivity contribution in [3.63, 3.8) is 0 Å². The number of amides is 1. The molecule has 22 heavy (non-hydrogen) atoms. The first-order valence-electron chi connectivity index (χ1n) is 6.81. The normalized spacial score (nSPS) is 12.5. The van der Waals surface area contributed by atoms with Crippen LogP contribution in [-0.2, 0) is 7.05 Å². The van der Waals surface area contributed by atoms with Gasteiger partial charge in [-0.1, -0.05) is 17.7 Å². The number of benzene rings is 1. The second kappa shape index (κ2) is 6.12. The fourth-order valence-electron chi connectivity index (χ4n) is 2.34. The third kappa shape index (κ3) is 3.02. The second-order valence-electron chi connectivity index (χ2n) is 5.07. The largest absolute Gasteiger partial charge is 0.387 e. The molecule has 3 aromatic rings. The number of nitrogens with zero attached hydrogens (tertiary/aromatic N) is 1. The first-order chi connectivity index (χ1) is 10.5. The zero-order valence-electron chi connectivity index (χ0n) is 11.9. The van der Waals surface area contributed by atoms with Crippen LogP contribution in [0.3, 0.4) is 0 Å². The maximum atomic E-state index is 11.9. The Balaban J connectivity index is 1.67. The summed E-state index contributed by atoms with van der Waals surface area (Å²) in [6.07, 6.45) is 1.23. The zero-order chi connectivity index (χ0) is 15.7. The summed E-state index contributed by atoms with van der Waals surface area (Å²) in [7, 11) is 1.98. The lowest BCUT2D eigenvalue weighted by Gasteiger charge is -2.12. The molecule has 1 atom stereocenters. The van der Waals surface area contributed by atoms with Crippen molar-refractivity contribution >= 4 is 39.7 Å². The van der Waals surface area contributed by atoms with Crippen LogP contribution < -0.4 is 5.32 Å².